The molecule has 0 amide bonds. The molecule has 58 heavy (non-hydrogen) atoms. The van der Waals surface area contributed by atoms with Crippen LogP contribution in [0.5, 0.6) is 23.0 Å². The molecule has 2 aliphatic heterocycles. The molecule has 0 fully saturated rings. The van der Waals surface area contributed by atoms with Gasteiger partial charge in [0.05, 0.1) is 34.1 Å². The quantitative estimate of drug-likeness (QED) is 0.179. The number of hydrogen-bond acceptors (Lipinski definition) is 6. The highest BCUT2D eigenvalue weighted by Crippen LogP contribution is 2.52. The van der Waals surface area contributed by atoms with E-state index in [2.05, 4.69) is 143 Å². The molecule has 9 aromatic rings. The van der Waals surface area contributed by atoms with Crippen LogP contribution in [-0.4, -0.2) is 9.97 Å². The minimum absolute atomic E-state index is 0.857. The molecule has 6 nitrogen and oxygen atoms in total. The summed E-state index contributed by atoms with van der Waals surface area (Å²) in [5.74, 6) is 3.49. The van der Waals surface area contributed by atoms with Gasteiger partial charge in [-0.1, -0.05) is 103 Å². The summed E-state index contributed by atoms with van der Waals surface area (Å²) in [6.07, 6.45) is 3.55. The lowest BCUT2D eigenvalue weighted by Gasteiger charge is -2.32. The number of rotatable bonds is 3. The van der Waals surface area contributed by atoms with Crippen LogP contribution in [0.2, 0.25) is 0 Å². The molecule has 0 radical (unpaired) electrons. The Kier molecular flexibility index (Phi) is 7.83. The van der Waals surface area contributed by atoms with E-state index in [0.29, 0.717) is 0 Å². The van der Waals surface area contributed by atoms with E-state index < -0.39 is 0 Å². The second-order valence-electron chi connectivity index (χ2n) is 14.7. The lowest BCUT2D eigenvalue weighted by atomic mass is 9.91. The normalized spacial score (nSPS) is 12.5. The van der Waals surface area contributed by atoms with Crippen molar-refractivity contribution in [3.05, 3.63) is 193 Å². The highest BCUT2D eigenvalue weighted by molar-refractivity contribution is 6.18. The van der Waals surface area contributed by atoms with Gasteiger partial charge in [-0.25, -0.2) is 0 Å². The van der Waals surface area contributed by atoms with Crippen molar-refractivity contribution < 1.29 is 9.47 Å². The van der Waals surface area contributed by atoms with Gasteiger partial charge in [-0.2, -0.15) is 0 Å². The summed E-state index contributed by atoms with van der Waals surface area (Å²) in [5, 5.41) is 2.52. The SMILES string of the molecule is Cc1ccc(N2c3ccccc3Oc3ccccc32)cc1.Cc1ccc2c3c(ccc(-c4ccc(N5c6ccccc6Oc6ccccc65)cc4)c13)-c1nccnc1-2. The van der Waals surface area contributed by atoms with Crippen LogP contribution >= 0.6 is 0 Å². The maximum Gasteiger partial charge on any atom is 0.151 e. The molecule has 0 N–H and O–H groups in total. The first-order valence-electron chi connectivity index (χ1n) is 19.5. The molecule has 0 atom stereocenters. The molecule has 6 heteroatoms. The Morgan fingerprint density at radius 2 is 0.776 bits per heavy atom. The zero-order chi connectivity index (χ0) is 38.7. The van der Waals surface area contributed by atoms with Crippen LogP contribution in [0.25, 0.3) is 44.4 Å². The van der Waals surface area contributed by atoms with Crippen LogP contribution in [-0.2, 0) is 0 Å². The van der Waals surface area contributed by atoms with Gasteiger partial charge in [-0.3, -0.25) is 9.97 Å². The van der Waals surface area contributed by atoms with E-state index in [-0.39, 0.29) is 0 Å². The van der Waals surface area contributed by atoms with E-state index in [4.69, 9.17) is 9.47 Å². The fourth-order valence-electron chi connectivity index (χ4n) is 8.48. The summed E-state index contributed by atoms with van der Waals surface area (Å²) in [4.78, 5) is 13.8. The maximum absolute atomic E-state index is 6.19. The lowest BCUT2D eigenvalue weighted by Crippen LogP contribution is -2.15. The summed E-state index contributed by atoms with van der Waals surface area (Å²) in [5.41, 5.74) is 15.6. The standard InChI is InChI=1S/C33H21N3O.C19H15NO/c1-20-10-15-24-31-25(33-32(24)34-18-19-35-33)17-16-23(30(20)31)21-11-13-22(14-12-21)36-26-6-2-4-8-28(26)37-29-9-5-3-7-27(29)36;1-14-10-12-15(13-11-14)20-16-6-2-4-8-18(16)21-19-9-5-3-7-17(19)20/h2-19H,1H3;2-13H,1H3. The van der Waals surface area contributed by atoms with Crippen molar-refractivity contribution in [2.75, 3.05) is 9.80 Å². The van der Waals surface area contributed by atoms with Gasteiger partial charge in [0.15, 0.2) is 23.0 Å². The highest BCUT2D eigenvalue weighted by atomic mass is 16.5. The number of nitrogens with zero attached hydrogens (tertiary/aromatic N) is 4. The fraction of sp³-hybridized carbons (Fsp3) is 0.0385. The molecule has 1 aliphatic carbocycles. The van der Waals surface area contributed by atoms with Crippen LogP contribution < -0.4 is 19.3 Å². The van der Waals surface area contributed by atoms with Crippen molar-refractivity contribution in [1.82, 2.24) is 9.97 Å². The molecule has 0 saturated carbocycles. The van der Waals surface area contributed by atoms with E-state index in [1.165, 1.54) is 44.2 Å². The molecule has 0 saturated heterocycles. The molecular formula is C52H36N4O2. The number of aryl methyl sites for hydroxylation is 2. The van der Waals surface area contributed by atoms with E-state index in [9.17, 15) is 0 Å². The lowest BCUT2D eigenvalue weighted by molar-refractivity contribution is 0.477. The third kappa shape index (κ3) is 5.41. The smallest absolute Gasteiger partial charge is 0.151 e. The van der Waals surface area contributed by atoms with E-state index in [1.54, 1.807) is 12.4 Å². The van der Waals surface area contributed by atoms with Crippen LogP contribution in [0.15, 0.2) is 182 Å². The predicted molar refractivity (Wildman–Crippen MR) is 235 cm³/mol. The minimum Gasteiger partial charge on any atom is -0.453 e. The highest BCUT2D eigenvalue weighted by Gasteiger charge is 2.28. The molecule has 3 heterocycles. The fourth-order valence-corrected chi connectivity index (χ4v) is 8.48. The Labute approximate surface area is 336 Å². The second kappa shape index (κ2) is 13.5. The molecule has 1 aromatic heterocycles. The largest absolute Gasteiger partial charge is 0.453 e. The zero-order valence-electron chi connectivity index (χ0n) is 31.9. The average molecular weight is 749 g/mol. The van der Waals surface area contributed by atoms with Gasteiger partial charge < -0.3 is 19.3 Å². The Morgan fingerprint density at radius 3 is 1.24 bits per heavy atom. The average Bonchev–Trinajstić information content (AvgIpc) is 3.60. The predicted octanol–water partition coefficient (Wildman–Crippen LogP) is 14.4. The number of benzene rings is 8. The van der Waals surface area contributed by atoms with Crippen molar-refractivity contribution in [1.29, 1.82) is 0 Å². The first-order chi connectivity index (χ1) is 28.6. The van der Waals surface area contributed by atoms with Gasteiger partial charge in [-0.15, -0.1) is 0 Å². The van der Waals surface area contributed by atoms with Crippen LogP contribution in [0.1, 0.15) is 11.1 Å². The third-order valence-corrected chi connectivity index (χ3v) is 11.2. The molecule has 12 rings (SSSR count). The number of para-hydroxylation sites is 8. The van der Waals surface area contributed by atoms with Crippen molar-refractivity contribution in [3.63, 3.8) is 0 Å². The van der Waals surface area contributed by atoms with Gasteiger partial charge in [0.2, 0.25) is 0 Å². The van der Waals surface area contributed by atoms with Crippen molar-refractivity contribution in [3.8, 4) is 56.6 Å². The zero-order valence-corrected chi connectivity index (χ0v) is 31.9. The van der Waals surface area contributed by atoms with E-state index in [1.807, 2.05) is 60.7 Å². The first-order valence-corrected chi connectivity index (χ1v) is 19.5. The molecule has 3 aliphatic rings. The van der Waals surface area contributed by atoms with E-state index in [0.717, 1.165) is 68.5 Å². The second-order valence-corrected chi connectivity index (χ2v) is 14.7. The minimum atomic E-state index is 0.857. The first kappa shape index (κ1) is 33.6. The van der Waals surface area contributed by atoms with Gasteiger partial charge >= 0.3 is 0 Å². The molecule has 0 unspecified atom stereocenters. The summed E-state index contributed by atoms with van der Waals surface area (Å²) < 4.78 is 12.2. The van der Waals surface area contributed by atoms with Gasteiger partial charge in [-0.05, 0) is 109 Å². The van der Waals surface area contributed by atoms with Gasteiger partial charge in [0, 0.05) is 40.3 Å². The Hall–Kier alpha value is -7.70. The number of hydrogen-bond donors (Lipinski definition) is 0. The van der Waals surface area contributed by atoms with Gasteiger partial charge in [0.25, 0.3) is 0 Å². The molecule has 8 aromatic carbocycles. The Morgan fingerprint density at radius 1 is 0.379 bits per heavy atom. The monoisotopic (exact) mass is 748 g/mol. The van der Waals surface area contributed by atoms with Gasteiger partial charge in [0.1, 0.15) is 0 Å². The Balaban J connectivity index is 0.000000155. The van der Waals surface area contributed by atoms with Crippen molar-refractivity contribution in [2.24, 2.45) is 0 Å². The molecule has 276 valence electrons. The maximum atomic E-state index is 6.19. The van der Waals surface area contributed by atoms with Crippen LogP contribution in [0.4, 0.5) is 34.1 Å². The third-order valence-electron chi connectivity index (χ3n) is 11.2. The molecular weight excluding hydrogens is 713 g/mol. The summed E-state index contributed by atoms with van der Waals surface area (Å²) in [6, 6.07) is 58.8. The number of anilines is 6. The summed E-state index contributed by atoms with van der Waals surface area (Å²) in [7, 11) is 0. The summed E-state index contributed by atoms with van der Waals surface area (Å²) >= 11 is 0. The van der Waals surface area contributed by atoms with E-state index >= 15 is 0 Å². The number of fused-ring (bicyclic) bond motifs is 7. The number of aromatic nitrogens is 2. The van der Waals surface area contributed by atoms with Crippen LogP contribution in [0.3, 0.4) is 0 Å². The Bertz CT molecular complexity index is 2930. The summed E-state index contributed by atoms with van der Waals surface area (Å²) in [6.45, 7) is 4.29. The topological polar surface area (TPSA) is 50.7 Å². The van der Waals surface area contributed by atoms with Crippen molar-refractivity contribution >= 4 is 44.9 Å². The number of ether oxygens (including phenoxy) is 2. The van der Waals surface area contributed by atoms with Crippen LogP contribution in [0, 0.1) is 13.8 Å². The molecule has 0 spiro atoms. The van der Waals surface area contributed by atoms with Crippen molar-refractivity contribution in [2.45, 2.75) is 13.8 Å². The molecule has 0 bridgehead atoms.